The van der Waals surface area contributed by atoms with Crippen molar-refractivity contribution >= 4 is 23.7 Å². The predicted octanol–water partition coefficient (Wildman–Crippen LogP) is 3.44. The molecular weight excluding hydrogens is 343 g/mol. The summed E-state index contributed by atoms with van der Waals surface area (Å²) >= 11 is 0. The minimum Gasteiger partial charge on any atom is -0.403 e. The molecular formula is C17H11FN4O4. The third kappa shape index (κ3) is 4.15. The summed E-state index contributed by atoms with van der Waals surface area (Å²) < 4.78 is 18.2. The fourth-order valence-corrected chi connectivity index (χ4v) is 2.01. The van der Waals surface area contributed by atoms with Gasteiger partial charge in [-0.25, -0.2) is 4.39 Å². The van der Waals surface area contributed by atoms with Crippen LogP contribution in [0.5, 0.6) is 0 Å². The number of non-ortho nitro benzene ring substituents is 1. The molecule has 0 aliphatic rings. The number of nitro benzene ring substituents is 1. The molecule has 3 rings (SSSR count). The van der Waals surface area contributed by atoms with E-state index in [0.29, 0.717) is 11.1 Å². The molecule has 0 saturated heterocycles. The monoisotopic (exact) mass is 354 g/mol. The van der Waals surface area contributed by atoms with Crippen LogP contribution in [0.25, 0.3) is 17.5 Å². The molecule has 0 saturated carbocycles. The fourth-order valence-electron chi connectivity index (χ4n) is 2.01. The third-order valence-electron chi connectivity index (χ3n) is 3.28. The Morgan fingerprint density at radius 2 is 1.81 bits per heavy atom. The number of nitro groups is 1. The summed E-state index contributed by atoms with van der Waals surface area (Å²) in [7, 11) is 0. The molecule has 1 N–H and O–H groups in total. The Balaban J connectivity index is 1.63. The molecule has 0 spiro atoms. The summed E-state index contributed by atoms with van der Waals surface area (Å²) in [6.45, 7) is 0. The Hall–Kier alpha value is -3.88. The maximum atomic E-state index is 12.9. The van der Waals surface area contributed by atoms with Crippen molar-refractivity contribution in [2.24, 2.45) is 0 Å². The minimum absolute atomic E-state index is 0.0363. The van der Waals surface area contributed by atoms with E-state index < -0.39 is 16.6 Å². The number of benzene rings is 2. The highest BCUT2D eigenvalue weighted by atomic mass is 19.1. The smallest absolute Gasteiger partial charge is 0.322 e. The number of hydrogen-bond acceptors (Lipinski definition) is 6. The molecule has 8 nitrogen and oxygen atoms in total. The summed E-state index contributed by atoms with van der Waals surface area (Å²) in [5.74, 6) is -0.768. The predicted molar refractivity (Wildman–Crippen MR) is 90.5 cm³/mol. The van der Waals surface area contributed by atoms with Gasteiger partial charge in [-0.05, 0) is 48.0 Å². The van der Waals surface area contributed by atoms with Crippen molar-refractivity contribution in [3.63, 3.8) is 0 Å². The average molecular weight is 354 g/mol. The molecule has 0 radical (unpaired) electrons. The summed E-state index contributed by atoms with van der Waals surface area (Å²) in [6.07, 6.45) is 2.71. The molecule has 130 valence electrons. The molecule has 1 amide bonds. The summed E-state index contributed by atoms with van der Waals surface area (Å²) in [5.41, 5.74) is 1.09. The van der Waals surface area contributed by atoms with Crippen molar-refractivity contribution in [2.45, 2.75) is 0 Å². The van der Waals surface area contributed by atoms with Crippen LogP contribution >= 0.6 is 0 Å². The molecule has 3 aromatic rings. The normalized spacial score (nSPS) is 10.8. The lowest BCUT2D eigenvalue weighted by atomic mass is 10.2. The fraction of sp³-hybridized carbons (Fsp3) is 0. The Bertz CT molecular complexity index is 965. The number of hydrogen-bond donors (Lipinski definition) is 1. The number of halogens is 1. The van der Waals surface area contributed by atoms with E-state index in [0.717, 1.165) is 0 Å². The molecule has 9 heteroatoms. The molecule has 0 aliphatic carbocycles. The standard InChI is InChI=1S/C17H11FN4O4/c18-13-6-4-12(5-7-13)16-20-21-17(26-16)19-15(23)10-3-11-1-8-14(9-2-11)22(24)25/h1-10H,(H,19,21,23). The van der Waals surface area contributed by atoms with E-state index in [2.05, 4.69) is 15.5 Å². The van der Waals surface area contributed by atoms with Gasteiger partial charge in [-0.3, -0.25) is 20.2 Å². The van der Waals surface area contributed by atoms with E-state index in [4.69, 9.17) is 4.42 Å². The number of nitrogens with zero attached hydrogens (tertiary/aromatic N) is 3. The summed E-state index contributed by atoms with van der Waals surface area (Å²) in [4.78, 5) is 21.9. The lowest BCUT2D eigenvalue weighted by molar-refractivity contribution is -0.384. The second-order valence-electron chi connectivity index (χ2n) is 5.09. The second kappa shape index (κ2) is 7.34. The first kappa shape index (κ1) is 17.0. The Kier molecular flexibility index (Phi) is 4.79. The van der Waals surface area contributed by atoms with Crippen LogP contribution in [0.3, 0.4) is 0 Å². The molecule has 1 aromatic heterocycles. The van der Waals surface area contributed by atoms with Crippen molar-refractivity contribution in [1.29, 1.82) is 0 Å². The van der Waals surface area contributed by atoms with Gasteiger partial charge in [0.05, 0.1) is 4.92 Å². The number of carbonyl (C=O) groups is 1. The van der Waals surface area contributed by atoms with Crippen LogP contribution in [0.1, 0.15) is 5.56 Å². The molecule has 0 bridgehead atoms. The van der Waals surface area contributed by atoms with Gasteiger partial charge in [0.25, 0.3) is 11.6 Å². The number of carbonyl (C=O) groups excluding carboxylic acids is 1. The van der Waals surface area contributed by atoms with Crippen molar-refractivity contribution in [1.82, 2.24) is 10.2 Å². The van der Waals surface area contributed by atoms with E-state index in [9.17, 15) is 19.3 Å². The topological polar surface area (TPSA) is 111 Å². The zero-order valence-corrected chi connectivity index (χ0v) is 13.1. The Morgan fingerprint density at radius 1 is 1.12 bits per heavy atom. The van der Waals surface area contributed by atoms with Crippen molar-refractivity contribution < 1.29 is 18.5 Å². The van der Waals surface area contributed by atoms with Crippen LogP contribution in [-0.2, 0) is 4.79 Å². The van der Waals surface area contributed by atoms with Gasteiger partial charge in [0.15, 0.2) is 0 Å². The van der Waals surface area contributed by atoms with Crippen molar-refractivity contribution in [3.05, 3.63) is 76.1 Å². The average Bonchev–Trinajstić information content (AvgIpc) is 3.09. The van der Waals surface area contributed by atoms with Crippen LogP contribution in [-0.4, -0.2) is 21.0 Å². The molecule has 0 fully saturated rings. The van der Waals surface area contributed by atoms with Crippen LogP contribution in [0.15, 0.2) is 59.0 Å². The SMILES string of the molecule is O=C(C=Cc1ccc([N+](=O)[O-])cc1)Nc1nnc(-c2ccc(F)cc2)o1. The van der Waals surface area contributed by atoms with Crippen molar-refractivity contribution in [3.8, 4) is 11.5 Å². The quantitative estimate of drug-likeness (QED) is 0.427. The number of anilines is 1. The first-order chi connectivity index (χ1) is 12.5. The highest BCUT2D eigenvalue weighted by Crippen LogP contribution is 2.20. The molecule has 0 unspecified atom stereocenters. The van der Waals surface area contributed by atoms with Crippen LogP contribution in [0.4, 0.5) is 16.1 Å². The van der Waals surface area contributed by atoms with Gasteiger partial charge in [0.2, 0.25) is 5.89 Å². The van der Waals surface area contributed by atoms with Crippen LogP contribution in [0.2, 0.25) is 0 Å². The van der Waals surface area contributed by atoms with Gasteiger partial charge >= 0.3 is 6.01 Å². The maximum absolute atomic E-state index is 12.9. The molecule has 0 aliphatic heterocycles. The molecule has 26 heavy (non-hydrogen) atoms. The summed E-state index contributed by atoms with van der Waals surface area (Å²) in [6, 6.07) is 11.1. The van der Waals surface area contributed by atoms with E-state index in [1.165, 1.54) is 60.7 Å². The van der Waals surface area contributed by atoms with E-state index >= 15 is 0 Å². The van der Waals surface area contributed by atoms with Gasteiger partial charge < -0.3 is 4.42 Å². The maximum Gasteiger partial charge on any atom is 0.322 e. The first-order valence-electron chi connectivity index (χ1n) is 7.34. The van der Waals surface area contributed by atoms with Gasteiger partial charge in [0, 0.05) is 23.8 Å². The number of rotatable bonds is 5. The van der Waals surface area contributed by atoms with E-state index in [1.807, 2.05) is 0 Å². The zero-order chi connectivity index (χ0) is 18.5. The number of aromatic nitrogens is 2. The van der Waals surface area contributed by atoms with Gasteiger partial charge in [-0.2, -0.15) is 0 Å². The van der Waals surface area contributed by atoms with E-state index in [1.54, 1.807) is 0 Å². The zero-order valence-electron chi connectivity index (χ0n) is 13.1. The second-order valence-corrected chi connectivity index (χ2v) is 5.09. The summed E-state index contributed by atoms with van der Waals surface area (Å²) in [5, 5.41) is 20.4. The van der Waals surface area contributed by atoms with Gasteiger partial charge in [0.1, 0.15) is 5.82 Å². The number of amides is 1. The minimum atomic E-state index is -0.516. The van der Waals surface area contributed by atoms with Crippen LogP contribution < -0.4 is 5.32 Å². The molecule has 2 aromatic carbocycles. The lowest BCUT2D eigenvalue weighted by Gasteiger charge is -1.96. The van der Waals surface area contributed by atoms with Crippen LogP contribution in [0, 0.1) is 15.9 Å². The highest BCUT2D eigenvalue weighted by molar-refractivity contribution is 6.00. The number of nitrogens with one attached hydrogen (secondary N) is 1. The first-order valence-corrected chi connectivity index (χ1v) is 7.34. The Morgan fingerprint density at radius 3 is 2.46 bits per heavy atom. The van der Waals surface area contributed by atoms with E-state index in [-0.39, 0.29) is 17.6 Å². The lowest BCUT2D eigenvalue weighted by Crippen LogP contribution is -2.07. The largest absolute Gasteiger partial charge is 0.403 e. The van der Waals surface area contributed by atoms with Gasteiger partial charge in [-0.15, -0.1) is 5.10 Å². The Labute approximate surface area is 146 Å². The molecule has 1 heterocycles. The van der Waals surface area contributed by atoms with Crippen molar-refractivity contribution in [2.75, 3.05) is 5.32 Å². The third-order valence-corrected chi connectivity index (χ3v) is 3.28. The molecule has 0 atom stereocenters. The highest BCUT2D eigenvalue weighted by Gasteiger charge is 2.10. The van der Waals surface area contributed by atoms with Gasteiger partial charge in [-0.1, -0.05) is 5.10 Å².